The topological polar surface area (TPSA) is 67.4 Å². The van der Waals surface area contributed by atoms with Gasteiger partial charge in [-0.15, -0.1) is 0 Å². The van der Waals surface area contributed by atoms with Crippen LogP contribution in [0.4, 0.5) is 4.39 Å². The quantitative estimate of drug-likeness (QED) is 0.829. The van der Waals surface area contributed by atoms with Crippen LogP contribution in [0.2, 0.25) is 0 Å². The fourth-order valence-corrected chi connectivity index (χ4v) is 1.93. The van der Waals surface area contributed by atoms with E-state index in [4.69, 9.17) is 4.74 Å². The van der Waals surface area contributed by atoms with Crippen LogP contribution in [0.3, 0.4) is 0 Å². The third-order valence-electron chi connectivity index (χ3n) is 3.34. The van der Waals surface area contributed by atoms with Crippen molar-refractivity contribution < 1.29 is 18.7 Å². The minimum absolute atomic E-state index is 0.293. The fraction of sp³-hybridized carbons (Fsp3) is 0.222. The molecule has 2 N–H and O–H groups in total. The van der Waals surface area contributed by atoms with Gasteiger partial charge in [0.25, 0.3) is 11.8 Å². The van der Waals surface area contributed by atoms with E-state index in [1.54, 1.807) is 12.1 Å². The molecule has 0 unspecified atom stereocenters. The van der Waals surface area contributed by atoms with Crippen LogP contribution in [0, 0.1) is 5.82 Å². The number of hydrogen-bond donors (Lipinski definition) is 2. The van der Waals surface area contributed by atoms with Crippen LogP contribution in [-0.2, 0) is 4.79 Å². The first-order valence-electron chi connectivity index (χ1n) is 7.53. The maximum absolute atomic E-state index is 12.7. The number of rotatable bonds is 5. The van der Waals surface area contributed by atoms with E-state index in [0.717, 1.165) is 5.56 Å². The molecule has 2 rings (SSSR count). The van der Waals surface area contributed by atoms with Gasteiger partial charge in [-0.05, 0) is 47.9 Å². The zero-order valence-corrected chi connectivity index (χ0v) is 13.5. The van der Waals surface area contributed by atoms with Crippen molar-refractivity contribution in [2.75, 3.05) is 6.61 Å². The molecule has 0 bridgehead atoms. The molecule has 2 amide bonds. The summed E-state index contributed by atoms with van der Waals surface area (Å²) in [7, 11) is 0. The van der Waals surface area contributed by atoms with Crippen LogP contribution in [0.1, 0.15) is 35.7 Å². The van der Waals surface area contributed by atoms with Gasteiger partial charge in [0.05, 0.1) is 0 Å². The molecule has 0 atom stereocenters. The molecular weight excluding hydrogens is 311 g/mol. The predicted molar refractivity (Wildman–Crippen MR) is 88.0 cm³/mol. The Morgan fingerprint density at radius 3 is 2.21 bits per heavy atom. The van der Waals surface area contributed by atoms with Crippen LogP contribution in [0.25, 0.3) is 0 Å². The van der Waals surface area contributed by atoms with Crippen molar-refractivity contribution in [1.82, 2.24) is 10.9 Å². The first-order chi connectivity index (χ1) is 11.5. The third kappa shape index (κ3) is 5.08. The highest BCUT2D eigenvalue weighted by Crippen LogP contribution is 2.14. The van der Waals surface area contributed by atoms with Crippen molar-refractivity contribution in [3.63, 3.8) is 0 Å². The van der Waals surface area contributed by atoms with Crippen LogP contribution in [0.15, 0.2) is 48.5 Å². The van der Waals surface area contributed by atoms with Crippen molar-refractivity contribution >= 4 is 11.8 Å². The molecule has 6 heteroatoms. The first kappa shape index (κ1) is 17.5. The Bertz CT molecular complexity index is 697. The van der Waals surface area contributed by atoms with Crippen LogP contribution < -0.4 is 15.6 Å². The average molecular weight is 330 g/mol. The number of hydrogen-bond acceptors (Lipinski definition) is 3. The molecule has 0 aliphatic carbocycles. The van der Waals surface area contributed by atoms with E-state index >= 15 is 0 Å². The highest BCUT2D eigenvalue weighted by Gasteiger charge is 2.08. The summed E-state index contributed by atoms with van der Waals surface area (Å²) in [6.45, 7) is 3.84. The van der Waals surface area contributed by atoms with E-state index in [-0.39, 0.29) is 12.4 Å². The van der Waals surface area contributed by atoms with Crippen LogP contribution in [0.5, 0.6) is 5.75 Å². The smallest absolute Gasteiger partial charge is 0.276 e. The second-order valence-electron chi connectivity index (χ2n) is 5.52. The number of hydrazine groups is 1. The van der Waals surface area contributed by atoms with Crippen molar-refractivity contribution in [3.05, 3.63) is 65.5 Å². The molecule has 2 aromatic rings. The molecule has 126 valence electrons. The van der Waals surface area contributed by atoms with Gasteiger partial charge in [-0.25, -0.2) is 4.39 Å². The van der Waals surface area contributed by atoms with Crippen LogP contribution in [-0.4, -0.2) is 18.4 Å². The number of halogens is 1. The molecule has 0 heterocycles. The Morgan fingerprint density at radius 2 is 1.62 bits per heavy atom. The lowest BCUT2D eigenvalue weighted by Gasteiger charge is -2.10. The molecule has 2 aromatic carbocycles. The van der Waals surface area contributed by atoms with E-state index < -0.39 is 11.8 Å². The second-order valence-corrected chi connectivity index (χ2v) is 5.52. The summed E-state index contributed by atoms with van der Waals surface area (Å²) < 4.78 is 17.9. The van der Waals surface area contributed by atoms with E-state index in [1.807, 2.05) is 12.1 Å². The van der Waals surface area contributed by atoms with Gasteiger partial charge in [0, 0.05) is 5.56 Å². The highest BCUT2D eigenvalue weighted by atomic mass is 19.1. The van der Waals surface area contributed by atoms with Gasteiger partial charge in [0.15, 0.2) is 6.61 Å². The van der Waals surface area contributed by atoms with E-state index in [1.165, 1.54) is 24.3 Å². The zero-order chi connectivity index (χ0) is 17.5. The lowest BCUT2D eigenvalue weighted by atomic mass is 10.0. The lowest BCUT2D eigenvalue weighted by molar-refractivity contribution is -0.123. The maximum Gasteiger partial charge on any atom is 0.276 e. The Morgan fingerprint density at radius 1 is 1.00 bits per heavy atom. The fourth-order valence-electron chi connectivity index (χ4n) is 1.93. The number of nitrogens with one attached hydrogen (secondary N) is 2. The normalized spacial score (nSPS) is 10.3. The summed E-state index contributed by atoms with van der Waals surface area (Å²) >= 11 is 0. The van der Waals surface area contributed by atoms with Gasteiger partial charge in [-0.3, -0.25) is 20.4 Å². The number of ether oxygens (including phenoxy) is 1. The Kier molecular flexibility index (Phi) is 5.89. The first-order valence-corrected chi connectivity index (χ1v) is 7.53. The van der Waals surface area contributed by atoms with E-state index in [9.17, 15) is 14.0 Å². The third-order valence-corrected chi connectivity index (χ3v) is 3.34. The van der Waals surface area contributed by atoms with Crippen molar-refractivity contribution in [1.29, 1.82) is 0 Å². The number of carbonyl (C=O) groups excluding carboxylic acids is 2. The van der Waals surface area contributed by atoms with Gasteiger partial charge in [0.1, 0.15) is 11.6 Å². The van der Waals surface area contributed by atoms with Gasteiger partial charge < -0.3 is 4.74 Å². The summed E-state index contributed by atoms with van der Waals surface area (Å²) in [5.74, 6) is -0.581. The monoisotopic (exact) mass is 330 g/mol. The standard InChI is InChI=1S/C18H19FN2O3/c1-12(2)13-3-5-14(6-4-13)18(23)21-20-17(22)11-24-16-9-7-15(19)8-10-16/h3-10,12H,11H2,1-2H3,(H,20,22)(H,21,23). The maximum atomic E-state index is 12.7. The molecule has 0 aliphatic rings. The molecule has 0 spiro atoms. The Balaban J connectivity index is 1.78. The lowest BCUT2D eigenvalue weighted by Crippen LogP contribution is -2.43. The van der Waals surface area contributed by atoms with E-state index in [2.05, 4.69) is 24.7 Å². The summed E-state index contributed by atoms with van der Waals surface area (Å²) in [5, 5.41) is 0. The molecule has 0 saturated heterocycles. The summed E-state index contributed by atoms with van der Waals surface area (Å²) in [4.78, 5) is 23.6. The molecule has 0 aliphatic heterocycles. The molecular formula is C18H19FN2O3. The minimum atomic E-state index is -0.522. The van der Waals surface area contributed by atoms with Crippen molar-refractivity contribution in [2.24, 2.45) is 0 Å². The van der Waals surface area contributed by atoms with Gasteiger partial charge in [-0.1, -0.05) is 26.0 Å². The summed E-state index contributed by atoms with van der Waals surface area (Å²) in [5.41, 5.74) is 6.15. The predicted octanol–water partition coefficient (Wildman–Crippen LogP) is 2.79. The SMILES string of the molecule is CC(C)c1ccc(C(=O)NNC(=O)COc2ccc(F)cc2)cc1. The van der Waals surface area contributed by atoms with E-state index in [0.29, 0.717) is 17.2 Å². The Hall–Kier alpha value is -2.89. The van der Waals surface area contributed by atoms with Gasteiger partial charge in [-0.2, -0.15) is 0 Å². The summed E-state index contributed by atoms with van der Waals surface area (Å²) in [6, 6.07) is 12.4. The number of benzene rings is 2. The van der Waals surface area contributed by atoms with Gasteiger partial charge >= 0.3 is 0 Å². The van der Waals surface area contributed by atoms with Gasteiger partial charge in [0.2, 0.25) is 0 Å². The molecule has 0 radical (unpaired) electrons. The summed E-state index contributed by atoms with van der Waals surface area (Å²) in [6.07, 6.45) is 0. The van der Waals surface area contributed by atoms with Crippen LogP contribution >= 0.6 is 0 Å². The largest absolute Gasteiger partial charge is 0.484 e. The molecule has 0 saturated carbocycles. The molecule has 0 aromatic heterocycles. The zero-order valence-electron chi connectivity index (χ0n) is 13.5. The minimum Gasteiger partial charge on any atom is -0.484 e. The Labute approximate surface area is 139 Å². The molecule has 0 fully saturated rings. The highest BCUT2D eigenvalue weighted by molar-refractivity contribution is 5.95. The molecule has 5 nitrogen and oxygen atoms in total. The molecule has 24 heavy (non-hydrogen) atoms. The number of amides is 2. The van der Waals surface area contributed by atoms with Crippen molar-refractivity contribution in [2.45, 2.75) is 19.8 Å². The average Bonchev–Trinajstić information content (AvgIpc) is 2.59. The second kappa shape index (κ2) is 8.10. The van der Waals surface area contributed by atoms with Crippen molar-refractivity contribution in [3.8, 4) is 5.75 Å². The number of carbonyl (C=O) groups is 2.